The molecule has 2 aromatic rings. The SMILES string of the molecule is C=CCn1c(C)cc(-c2csc(NC(=O)C3CC4CCCC(C3)C4=O)n2)c1C. The van der Waals surface area contributed by atoms with Crippen LogP contribution in [0.25, 0.3) is 11.3 Å². The normalized spacial score (nSPS) is 24.2. The Morgan fingerprint density at radius 1 is 1.36 bits per heavy atom. The topological polar surface area (TPSA) is 64.0 Å². The number of allylic oxidation sites excluding steroid dienone is 1. The maximum absolute atomic E-state index is 12.8. The van der Waals surface area contributed by atoms with Gasteiger partial charge >= 0.3 is 0 Å². The lowest BCUT2D eigenvalue weighted by atomic mass is 9.67. The summed E-state index contributed by atoms with van der Waals surface area (Å²) in [5, 5.41) is 5.64. The smallest absolute Gasteiger partial charge is 0.229 e. The largest absolute Gasteiger partial charge is 0.345 e. The lowest BCUT2D eigenvalue weighted by Crippen LogP contribution is -2.40. The molecule has 4 rings (SSSR count). The molecule has 2 aromatic heterocycles. The van der Waals surface area contributed by atoms with Gasteiger partial charge in [0.25, 0.3) is 0 Å². The van der Waals surface area contributed by atoms with Gasteiger partial charge in [-0.2, -0.15) is 0 Å². The van der Waals surface area contributed by atoms with Crippen molar-refractivity contribution < 1.29 is 9.59 Å². The standard InChI is InChI=1S/C22H27N3O2S/c1-4-8-25-13(2)9-18(14(25)3)19-12-28-22(23-19)24-21(27)17-10-15-6-5-7-16(11-17)20(15)26/h4,9,12,15-17H,1,5-8,10-11H2,2-3H3,(H,23,24,27). The Balaban J connectivity index is 1.47. The molecule has 148 valence electrons. The van der Waals surface area contributed by atoms with Crippen molar-refractivity contribution in [3.63, 3.8) is 0 Å². The van der Waals surface area contributed by atoms with Gasteiger partial charge in [0.15, 0.2) is 5.13 Å². The van der Waals surface area contributed by atoms with Gasteiger partial charge in [-0.15, -0.1) is 17.9 Å². The molecule has 2 atom stereocenters. The van der Waals surface area contributed by atoms with Crippen LogP contribution in [0.5, 0.6) is 0 Å². The first-order valence-electron chi connectivity index (χ1n) is 10.1. The number of aryl methyl sites for hydroxylation is 1. The molecule has 0 aliphatic heterocycles. The molecule has 0 aromatic carbocycles. The van der Waals surface area contributed by atoms with E-state index in [4.69, 9.17) is 0 Å². The third kappa shape index (κ3) is 3.46. The third-order valence-electron chi connectivity index (χ3n) is 6.31. The van der Waals surface area contributed by atoms with Gasteiger partial charge in [-0.05, 0) is 45.6 Å². The predicted molar refractivity (Wildman–Crippen MR) is 112 cm³/mol. The molecule has 2 bridgehead atoms. The number of rotatable bonds is 5. The number of nitrogens with zero attached hydrogens (tertiary/aromatic N) is 2. The van der Waals surface area contributed by atoms with Crippen LogP contribution >= 0.6 is 11.3 Å². The highest BCUT2D eigenvalue weighted by Gasteiger charge is 2.41. The number of ketones is 1. The predicted octanol–water partition coefficient (Wildman–Crippen LogP) is 4.75. The lowest BCUT2D eigenvalue weighted by molar-refractivity contribution is -0.136. The number of anilines is 1. The van der Waals surface area contributed by atoms with Gasteiger partial charge < -0.3 is 9.88 Å². The number of amides is 1. The zero-order chi connectivity index (χ0) is 19.8. The molecule has 2 aliphatic rings. The van der Waals surface area contributed by atoms with E-state index in [-0.39, 0.29) is 23.7 Å². The van der Waals surface area contributed by atoms with E-state index >= 15 is 0 Å². The van der Waals surface area contributed by atoms with Crippen molar-refractivity contribution >= 4 is 28.2 Å². The van der Waals surface area contributed by atoms with E-state index in [2.05, 4.69) is 41.4 Å². The van der Waals surface area contributed by atoms with Gasteiger partial charge in [0, 0.05) is 46.6 Å². The Labute approximate surface area is 169 Å². The fourth-order valence-corrected chi connectivity index (χ4v) is 5.54. The van der Waals surface area contributed by atoms with E-state index in [0.717, 1.165) is 42.8 Å². The summed E-state index contributed by atoms with van der Waals surface area (Å²) >= 11 is 1.46. The summed E-state index contributed by atoms with van der Waals surface area (Å²) in [5.74, 6) is 0.512. The molecule has 1 amide bonds. The quantitative estimate of drug-likeness (QED) is 0.741. The van der Waals surface area contributed by atoms with Gasteiger partial charge in [-0.25, -0.2) is 4.98 Å². The number of hydrogen-bond donors (Lipinski definition) is 1. The van der Waals surface area contributed by atoms with Crippen LogP contribution < -0.4 is 5.32 Å². The van der Waals surface area contributed by atoms with Crippen LogP contribution in [0.1, 0.15) is 43.5 Å². The van der Waals surface area contributed by atoms with Crippen LogP contribution in [-0.4, -0.2) is 21.2 Å². The van der Waals surface area contributed by atoms with Crippen LogP contribution in [-0.2, 0) is 16.1 Å². The molecular weight excluding hydrogens is 370 g/mol. The first kappa shape index (κ1) is 19.1. The molecule has 2 fully saturated rings. The van der Waals surface area contributed by atoms with Crippen LogP contribution in [0.2, 0.25) is 0 Å². The number of Topliss-reactive ketones (excluding diaryl/α,β-unsaturated/α-hetero) is 1. The van der Waals surface area contributed by atoms with E-state index in [0.29, 0.717) is 23.8 Å². The Morgan fingerprint density at radius 2 is 2.07 bits per heavy atom. The monoisotopic (exact) mass is 397 g/mol. The minimum atomic E-state index is -0.0713. The minimum absolute atomic E-state index is 0.0161. The lowest BCUT2D eigenvalue weighted by Gasteiger charge is -2.36. The average Bonchev–Trinajstić information content (AvgIpc) is 3.21. The van der Waals surface area contributed by atoms with E-state index in [9.17, 15) is 9.59 Å². The Hall–Kier alpha value is -2.21. The van der Waals surface area contributed by atoms with Crippen LogP contribution in [0.3, 0.4) is 0 Å². The Bertz CT molecular complexity index is 910. The highest BCUT2D eigenvalue weighted by atomic mass is 32.1. The molecule has 28 heavy (non-hydrogen) atoms. The molecule has 2 unspecified atom stereocenters. The number of nitrogens with one attached hydrogen (secondary N) is 1. The minimum Gasteiger partial charge on any atom is -0.345 e. The van der Waals surface area contributed by atoms with Crippen LogP contribution in [0, 0.1) is 31.6 Å². The molecule has 0 spiro atoms. The summed E-state index contributed by atoms with van der Waals surface area (Å²) in [7, 11) is 0. The number of thiazole rings is 1. The molecular formula is C22H27N3O2S. The van der Waals surface area contributed by atoms with Crippen molar-refractivity contribution in [3.05, 3.63) is 35.5 Å². The molecule has 0 radical (unpaired) electrons. The van der Waals surface area contributed by atoms with Crippen molar-refractivity contribution in [2.45, 2.75) is 52.5 Å². The van der Waals surface area contributed by atoms with E-state index in [1.807, 2.05) is 11.5 Å². The summed E-state index contributed by atoms with van der Waals surface area (Å²) in [4.78, 5) is 29.7. The summed E-state index contributed by atoms with van der Waals surface area (Å²) in [6.07, 6.45) is 6.29. The molecule has 5 nitrogen and oxygen atoms in total. The van der Waals surface area contributed by atoms with Gasteiger partial charge in [0.2, 0.25) is 5.91 Å². The van der Waals surface area contributed by atoms with Gasteiger partial charge in [-0.3, -0.25) is 9.59 Å². The number of hydrogen-bond acceptors (Lipinski definition) is 4. The Morgan fingerprint density at radius 3 is 2.75 bits per heavy atom. The van der Waals surface area contributed by atoms with Crippen molar-refractivity contribution in [1.82, 2.24) is 9.55 Å². The molecule has 0 saturated heterocycles. The van der Waals surface area contributed by atoms with Crippen LogP contribution in [0.4, 0.5) is 5.13 Å². The van der Waals surface area contributed by atoms with Crippen molar-refractivity contribution in [1.29, 1.82) is 0 Å². The van der Waals surface area contributed by atoms with E-state index < -0.39 is 0 Å². The van der Waals surface area contributed by atoms with Crippen LogP contribution in [0.15, 0.2) is 24.1 Å². The van der Waals surface area contributed by atoms with Gasteiger partial charge in [0.1, 0.15) is 5.78 Å². The molecule has 2 aliphatic carbocycles. The summed E-state index contributed by atoms with van der Waals surface area (Å²) in [6, 6.07) is 2.13. The number of carbonyl (C=O) groups excluding carboxylic acids is 2. The fraction of sp³-hybridized carbons (Fsp3) is 0.500. The van der Waals surface area contributed by atoms with Crippen molar-refractivity contribution in [3.8, 4) is 11.3 Å². The van der Waals surface area contributed by atoms with Gasteiger partial charge in [-0.1, -0.05) is 12.5 Å². The maximum Gasteiger partial charge on any atom is 0.229 e. The van der Waals surface area contributed by atoms with E-state index in [1.54, 1.807) is 0 Å². The Kier molecular flexibility index (Phi) is 5.23. The third-order valence-corrected chi connectivity index (χ3v) is 7.07. The molecule has 6 heteroatoms. The number of carbonyl (C=O) groups is 2. The first-order chi connectivity index (χ1) is 13.5. The fourth-order valence-electron chi connectivity index (χ4n) is 4.83. The highest BCUT2D eigenvalue weighted by Crippen LogP contribution is 2.40. The van der Waals surface area contributed by atoms with E-state index in [1.165, 1.54) is 17.0 Å². The second kappa shape index (κ2) is 7.66. The zero-order valence-electron chi connectivity index (χ0n) is 16.5. The average molecular weight is 398 g/mol. The summed E-state index contributed by atoms with van der Waals surface area (Å²) < 4.78 is 2.21. The summed E-state index contributed by atoms with van der Waals surface area (Å²) in [5.41, 5.74) is 4.30. The molecule has 2 heterocycles. The molecule has 2 saturated carbocycles. The first-order valence-corrected chi connectivity index (χ1v) is 10.9. The highest BCUT2D eigenvalue weighted by molar-refractivity contribution is 7.14. The number of fused-ring (bicyclic) bond motifs is 2. The zero-order valence-corrected chi connectivity index (χ0v) is 17.3. The number of aromatic nitrogens is 2. The van der Waals surface area contributed by atoms with Crippen molar-refractivity contribution in [2.24, 2.45) is 17.8 Å². The maximum atomic E-state index is 12.8. The summed E-state index contributed by atoms with van der Waals surface area (Å²) in [6.45, 7) is 8.76. The second-order valence-corrected chi connectivity index (χ2v) is 8.96. The second-order valence-electron chi connectivity index (χ2n) is 8.11. The van der Waals surface area contributed by atoms with Crippen molar-refractivity contribution in [2.75, 3.05) is 5.32 Å². The molecule has 1 N–H and O–H groups in total. The van der Waals surface area contributed by atoms with Gasteiger partial charge in [0.05, 0.1) is 5.69 Å².